The fourth-order valence-electron chi connectivity index (χ4n) is 2.49. The number of unbranched alkanes of at least 4 members (excludes halogenated alkanes) is 1. The van der Waals surface area contributed by atoms with Gasteiger partial charge in [0.25, 0.3) is 0 Å². The van der Waals surface area contributed by atoms with Gasteiger partial charge in [-0.25, -0.2) is 0 Å². The predicted octanol–water partition coefficient (Wildman–Crippen LogP) is 3.28. The van der Waals surface area contributed by atoms with Crippen molar-refractivity contribution in [1.82, 2.24) is 5.32 Å². The third-order valence-corrected chi connectivity index (χ3v) is 3.59. The van der Waals surface area contributed by atoms with Crippen molar-refractivity contribution in [2.24, 2.45) is 5.92 Å². The minimum atomic E-state index is 0.656. The van der Waals surface area contributed by atoms with Crippen LogP contribution in [0.5, 0.6) is 5.75 Å². The molecule has 0 radical (unpaired) electrons. The molecule has 1 aromatic rings. The van der Waals surface area contributed by atoms with Crippen LogP contribution in [0, 0.1) is 5.92 Å². The lowest BCUT2D eigenvalue weighted by Crippen LogP contribution is -2.24. The highest BCUT2D eigenvalue weighted by molar-refractivity contribution is 5.33. The SMILES string of the molecule is CCNCC(CCCCOC)Cc1ccccc1OC. The van der Waals surface area contributed by atoms with E-state index in [9.17, 15) is 0 Å². The zero-order valence-electron chi connectivity index (χ0n) is 13.2. The average Bonchev–Trinajstić information content (AvgIpc) is 2.49. The molecule has 0 heterocycles. The number of hydrogen-bond donors (Lipinski definition) is 1. The van der Waals surface area contributed by atoms with Crippen LogP contribution in [0.1, 0.15) is 31.7 Å². The molecule has 0 aliphatic heterocycles. The van der Waals surface area contributed by atoms with Gasteiger partial charge >= 0.3 is 0 Å². The van der Waals surface area contributed by atoms with Gasteiger partial charge in [0, 0.05) is 13.7 Å². The second kappa shape index (κ2) is 10.7. The Labute approximate surface area is 123 Å². The summed E-state index contributed by atoms with van der Waals surface area (Å²) in [7, 11) is 3.52. The molecule has 0 saturated carbocycles. The molecular weight excluding hydrogens is 250 g/mol. The molecular formula is C17H29NO2. The Hall–Kier alpha value is -1.06. The third-order valence-electron chi connectivity index (χ3n) is 3.59. The van der Waals surface area contributed by atoms with E-state index in [0.29, 0.717) is 5.92 Å². The fourth-order valence-corrected chi connectivity index (χ4v) is 2.49. The van der Waals surface area contributed by atoms with Gasteiger partial charge in [-0.05, 0) is 49.9 Å². The minimum absolute atomic E-state index is 0.656. The van der Waals surface area contributed by atoms with E-state index in [1.54, 1.807) is 14.2 Å². The number of rotatable bonds is 11. The molecule has 0 amide bonds. The molecule has 0 fully saturated rings. The monoisotopic (exact) mass is 279 g/mol. The fraction of sp³-hybridized carbons (Fsp3) is 0.647. The lowest BCUT2D eigenvalue weighted by Gasteiger charge is -2.19. The Morgan fingerprint density at radius 1 is 1.15 bits per heavy atom. The first-order chi connectivity index (χ1) is 9.81. The van der Waals surface area contributed by atoms with Crippen molar-refractivity contribution in [3.63, 3.8) is 0 Å². The summed E-state index contributed by atoms with van der Waals surface area (Å²) in [4.78, 5) is 0. The highest BCUT2D eigenvalue weighted by atomic mass is 16.5. The summed E-state index contributed by atoms with van der Waals surface area (Å²) in [6, 6.07) is 8.34. The summed E-state index contributed by atoms with van der Waals surface area (Å²) < 4.78 is 10.6. The van der Waals surface area contributed by atoms with Crippen LogP contribution < -0.4 is 10.1 Å². The van der Waals surface area contributed by atoms with Gasteiger partial charge in [-0.3, -0.25) is 0 Å². The molecule has 1 aromatic carbocycles. The van der Waals surface area contributed by atoms with Gasteiger partial charge in [-0.2, -0.15) is 0 Å². The standard InChI is InChI=1S/C17H29NO2/c1-4-18-14-15(9-7-8-12-19-2)13-16-10-5-6-11-17(16)20-3/h5-6,10-11,15,18H,4,7-9,12-14H2,1-3H3. The number of benzene rings is 1. The smallest absolute Gasteiger partial charge is 0.122 e. The van der Waals surface area contributed by atoms with Crippen molar-refractivity contribution in [2.45, 2.75) is 32.6 Å². The molecule has 1 N–H and O–H groups in total. The van der Waals surface area contributed by atoms with Crippen LogP contribution >= 0.6 is 0 Å². The van der Waals surface area contributed by atoms with Crippen molar-refractivity contribution in [2.75, 3.05) is 33.9 Å². The summed E-state index contributed by atoms with van der Waals surface area (Å²) in [6.45, 7) is 5.12. The molecule has 3 nitrogen and oxygen atoms in total. The van der Waals surface area contributed by atoms with Crippen LogP contribution in [-0.2, 0) is 11.2 Å². The van der Waals surface area contributed by atoms with Crippen molar-refractivity contribution in [3.8, 4) is 5.75 Å². The van der Waals surface area contributed by atoms with Crippen molar-refractivity contribution >= 4 is 0 Å². The van der Waals surface area contributed by atoms with Crippen LogP contribution in [0.15, 0.2) is 24.3 Å². The summed E-state index contributed by atoms with van der Waals surface area (Å²) in [5.74, 6) is 1.66. The van der Waals surface area contributed by atoms with Crippen LogP contribution in [0.3, 0.4) is 0 Å². The largest absolute Gasteiger partial charge is 0.496 e. The van der Waals surface area contributed by atoms with Gasteiger partial charge in [-0.1, -0.05) is 31.5 Å². The molecule has 0 aliphatic carbocycles. The van der Waals surface area contributed by atoms with E-state index in [-0.39, 0.29) is 0 Å². The molecule has 0 aliphatic rings. The van der Waals surface area contributed by atoms with E-state index < -0.39 is 0 Å². The van der Waals surface area contributed by atoms with E-state index in [2.05, 4.69) is 24.4 Å². The zero-order valence-corrected chi connectivity index (χ0v) is 13.2. The first-order valence-electron chi connectivity index (χ1n) is 7.63. The first-order valence-corrected chi connectivity index (χ1v) is 7.63. The molecule has 20 heavy (non-hydrogen) atoms. The number of hydrogen-bond acceptors (Lipinski definition) is 3. The third kappa shape index (κ3) is 6.40. The van der Waals surface area contributed by atoms with Gasteiger partial charge in [0.2, 0.25) is 0 Å². The Morgan fingerprint density at radius 2 is 1.95 bits per heavy atom. The second-order valence-corrected chi connectivity index (χ2v) is 5.18. The number of ether oxygens (including phenoxy) is 2. The highest BCUT2D eigenvalue weighted by Gasteiger charge is 2.12. The average molecular weight is 279 g/mol. The summed E-state index contributed by atoms with van der Waals surface area (Å²) in [5, 5.41) is 3.47. The molecule has 3 heteroatoms. The van der Waals surface area contributed by atoms with Gasteiger partial charge < -0.3 is 14.8 Å². The summed E-state index contributed by atoms with van der Waals surface area (Å²) in [6.07, 6.45) is 4.67. The maximum Gasteiger partial charge on any atom is 0.122 e. The number of methoxy groups -OCH3 is 2. The van der Waals surface area contributed by atoms with Crippen molar-refractivity contribution in [3.05, 3.63) is 29.8 Å². The van der Waals surface area contributed by atoms with Gasteiger partial charge in [0.1, 0.15) is 5.75 Å². The van der Waals surface area contributed by atoms with E-state index in [1.807, 2.05) is 12.1 Å². The van der Waals surface area contributed by atoms with Crippen LogP contribution in [0.4, 0.5) is 0 Å². The minimum Gasteiger partial charge on any atom is -0.496 e. The molecule has 1 atom stereocenters. The maximum atomic E-state index is 5.45. The van der Waals surface area contributed by atoms with E-state index in [1.165, 1.54) is 18.4 Å². The zero-order chi connectivity index (χ0) is 14.6. The molecule has 0 spiro atoms. The Morgan fingerprint density at radius 3 is 2.65 bits per heavy atom. The summed E-state index contributed by atoms with van der Waals surface area (Å²) in [5.41, 5.74) is 1.31. The molecule has 0 bridgehead atoms. The number of para-hydroxylation sites is 1. The van der Waals surface area contributed by atoms with E-state index in [0.717, 1.165) is 38.3 Å². The van der Waals surface area contributed by atoms with E-state index in [4.69, 9.17) is 9.47 Å². The lowest BCUT2D eigenvalue weighted by atomic mass is 9.93. The van der Waals surface area contributed by atoms with Crippen LogP contribution in [-0.4, -0.2) is 33.9 Å². The van der Waals surface area contributed by atoms with E-state index >= 15 is 0 Å². The number of nitrogens with one attached hydrogen (secondary N) is 1. The molecule has 0 aromatic heterocycles. The van der Waals surface area contributed by atoms with Crippen LogP contribution in [0.25, 0.3) is 0 Å². The molecule has 0 saturated heterocycles. The lowest BCUT2D eigenvalue weighted by molar-refractivity contribution is 0.190. The molecule has 1 unspecified atom stereocenters. The Balaban J connectivity index is 2.53. The topological polar surface area (TPSA) is 30.5 Å². The van der Waals surface area contributed by atoms with Crippen molar-refractivity contribution in [1.29, 1.82) is 0 Å². The maximum absolute atomic E-state index is 5.45. The molecule has 1 rings (SSSR count). The first kappa shape index (κ1) is 17.0. The quantitative estimate of drug-likeness (QED) is 0.631. The van der Waals surface area contributed by atoms with Crippen molar-refractivity contribution < 1.29 is 9.47 Å². The van der Waals surface area contributed by atoms with Gasteiger partial charge in [0.15, 0.2) is 0 Å². The van der Waals surface area contributed by atoms with Gasteiger partial charge in [0.05, 0.1) is 7.11 Å². The van der Waals surface area contributed by atoms with Crippen LogP contribution in [0.2, 0.25) is 0 Å². The highest BCUT2D eigenvalue weighted by Crippen LogP contribution is 2.23. The Kier molecular flexibility index (Phi) is 9.09. The normalized spacial score (nSPS) is 12.3. The predicted molar refractivity (Wildman–Crippen MR) is 84.5 cm³/mol. The second-order valence-electron chi connectivity index (χ2n) is 5.18. The Bertz CT molecular complexity index is 355. The summed E-state index contributed by atoms with van der Waals surface area (Å²) >= 11 is 0. The molecule has 114 valence electrons. The van der Waals surface area contributed by atoms with Gasteiger partial charge in [-0.15, -0.1) is 0 Å².